The largest absolute Gasteiger partial charge is 0.309 e. The molecule has 7 aromatic carbocycles. The highest BCUT2D eigenvalue weighted by Crippen LogP contribution is 2.41. The van der Waals surface area contributed by atoms with Gasteiger partial charge in [-0.15, -0.1) is 0 Å². The molecule has 0 saturated carbocycles. The standard InChI is InChI=1S/C46H37N/c1-30-22-31(2)25-37(24-30)35-18-20-45-42(28-35)43-29-36(38-26-32(3)23-33(4)27-38)19-21-46(43)47(45)44-17-11-10-16-41(44)40-15-9-8-14-39(40)34-12-6-5-7-13-34/h5-29H,1-4H3. The predicted molar refractivity (Wildman–Crippen MR) is 201 cm³/mol. The Hall–Kier alpha value is -5.66. The molecule has 0 spiro atoms. The molecule has 0 N–H and O–H groups in total. The third-order valence-electron chi connectivity index (χ3n) is 9.32. The van der Waals surface area contributed by atoms with Gasteiger partial charge >= 0.3 is 0 Å². The maximum atomic E-state index is 2.47. The summed E-state index contributed by atoms with van der Waals surface area (Å²) in [7, 11) is 0. The quantitative estimate of drug-likeness (QED) is 0.184. The lowest BCUT2D eigenvalue weighted by molar-refractivity contribution is 1.18. The van der Waals surface area contributed by atoms with E-state index in [0.717, 1.165) is 0 Å². The van der Waals surface area contributed by atoms with E-state index >= 15 is 0 Å². The van der Waals surface area contributed by atoms with Crippen LogP contribution in [0.4, 0.5) is 0 Å². The normalized spacial score (nSPS) is 11.4. The molecule has 0 amide bonds. The summed E-state index contributed by atoms with van der Waals surface area (Å²) in [6.45, 7) is 8.73. The molecule has 8 rings (SSSR count). The molecule has 1 heteroatoms. The fourth-order valence-electron chi connectivity index (χ4n) is 7.41. The maximum absolute atomic E-state index is 2.47. The zero-order chi connectivity index (χ0) is 32.1. The Bertz CT molecular complexity index is 2290. The molecule has 0 aliphatic heterocycles. The van der Waals surface area contributed by atoms with Gasteiger partial charge in [-0.2, -0.15) is 0 Å². The lowest BCUT2D eigenvalue weighted by Crippen LogP contribution is -1.98. The number of para-hydroxylation sites is 1. The number of aryl methyl sites for hydroxylation is 4. The third-order valence-corrected chi connectivity index (χ3v) is 9.32. The highest BCUT2D eigenvalue weighted by molar-refractivity contribution is 6.12. The molecule has 0 aliphatic rings. The van der Waals surface area contributed by atoms with Crippen molar-refractivity contribution in [2.75, 3.05) is 0 Å². The van der Waals surface area contributed by atoms with Crippen molar-refractivity contribution in [2.24, 2.45) is 0 Å². The Labute approximate surface area is 277 Å². The molecule has 0 fully saturated rings. The van der Waals surface area contributed by atoms with E-state index in [1.54, 1.807) is 0 Å². The zero-order valence-corrected chi connectivity index (χ0v) is 27.4. The minimum Gasteiger partial charge on any atom is -0.309 e. The van der Waals surface area contributed by atoms with Gasteiger partial charge in [0.25, 0.3) is 0 Å². The number of hydrogen-bond acceptors (Lipinski definition) is 0. The second-order valence-electron chi connectivity index (χ2n) is 13.0. The molecule has 0 atom stereocenters. The second-order valence-corrected chi connectivity index (χ2v) is 13.0. The maximum Gasteiger partial charge on any atom is 0.0541 e. The Balaban J connectivity index is 1.41. The predicted octanol–water partition coefficient (Wildman–Crippen LogP) is 12.7. The van der Waals surface area contributed by atoms with Gasteiger partial charge in [0.1, 0.15) is 0 Å². The van der Waals surface area contributed by atoms with Crippen molar-refractivity contribution in [1.29, 1.82) is 0 Å². The van der Waals surface area contributed by atoms with Gasteiger partial charge in [-0.1, -0.05) is 144 Å². The lowest BCUT2D eigenvalue weighted by Gasteiger charge is -2.17. The van der Waals surface area contributed by atoms with E-state index in [2.05, 4.69) is 184 Å². The number of nitrogens with zero attached hydrogens (tertiary/aromatic N) is 1. The van der Waals surface area contributed by atoms with Crippen molar-refractivity contribution < 1.29 is 0 Å². The topological polar surface area (TPSA) is 4.93 Å². The molecule has 0 unspecified atom stereocenters. The highest BCUT2D eigenvalue weighted by atomic mass is 15.0. The van der Waals surface area contributed by atoms with E-state index in [9.17, 15) is 0 Å². The molecular weight excluding hydrogens is 567 g/mol. The van der Waals surface area contributed by atoms with Crippen molar-refractivity contribution in [3.63, 3.8) is 0 Å². The second kappa shape index (κ2) is 11.6. The molecule has 1 nitrogen and oxygen atoms in total. The lowest BCUT2D eigenvalue weighted by atomic mass is 9.93. The molecule has 0 radical (unpaired) electrons. The summed E-state index contributed by atoms with van der Waals surface area (Å²) in [5, 5.41) is 2.52. The molecule has 0 saturated heterocycles. The first-order valence-electron chi connectivity index (χ1n) is 16.4. The van der Waals surface area contributed by atoms with Crippen LogP contribution in [0.1, 0.15) is 22.3 Å². The van der Waals surface area contributed by atoms with Gasteiger partial charge in [0.15, 0.2) is 0 Å². The smallest absolute Gasteiger partial charge is 0.0541 e. The van der Waals surface area contributed by atoms with E-state index in [-0.39, 0.29) is 0 Å². The molecule has 47 heavy (non-hydrogen) atoms. The first-order valence-corrected chi connectivity index (χ1v) is 16.4. The van der Waals surface area contributed by atoms with Crippen LogP contribution in [0.5, 0.6) is 0 Å². The Morgan fingerprint density at radius 2 is 0.766 bits per heavy atom. The molecule has 1 heterocycles. The van der Waals surface area contributed by atoms with Gasteiger partial charge in [0.2, 0.25) is 0 Å². The SMILES string of the molecule is Cc1cc(C)cc(-c2ccc3c(c2)c2cc(-c4cc(C)cc(C)c4)ccc2n3-c2ccccc2-c2ccccc2-c2ccccc2)c1. The summed E-state index contributed by atoms with van der Waals surface area (Å²) in [5.74, 6) is 0. The summed E-state index contributed by atoms with van der Waals surface area (Å²) in [5.41, 5.74) is 18.6. The monoisotopic (exact) mass is 603 g/mol. The summed E-state index contributed by atoms with van der Waals surface area (Å²) in [6, 6.07) is 56.0. The van der Waals surface area contributed by atoms with Crippen molar-refractivity contribution in [3.8, 4) is 50.2 Å². The van der Waals surface area contributed by atoms with Crippen LogP contribution in [-0.2, 0) is 0 Å². The Kier molecular flexibility index (Phi) is 7.11. The van der Waals surface area contributed by atoms with Crippen molar-refractivity contribution in [2.45, 2.75) is 27.7 Å². The van der Waals surface area contributed by atoms with E-state index in [4.69, 9.17) is 0 Å². The van der Waals surface area contributed by atoms with Gasteiger partial charge in [0.05, 0.1) is 16.7 Å². The van der Waals surface area contributed by atoms with Crippen LogP contribution in [0.25, 0.3) is 72.0 Å². The molecule has 1 aromatic heterocycles. The minimum atomic E-state index is 1.18. The fourth-order valence-corrected chi connectivity index (χ4v) is 7.41. The Morgan fingerprint density at radius 3 is 1.30 bits per heavy atom. The fraction of sp³-hybridized carbons (Fsp3) is 0.0870. The molecule has 226 valence electrons. The van der Waals surface area contributed by atoms with E-state index < -0.39 is 0 Å². The molecule has 8 aromatic rings. The first kappa shape index (κ1) is 28.8. The summed E-state index contributed by atoms with van der Waals surface area (Å²) in [4.78, 5) is 0. The minimum absolute atomic E-state index is 1.18. The van der Waals surface area contributed by atoms with Gasteiger partial charge in [-0.25, -0.2) is 0 Å². The van der Waals surface area contributed by atoms with Gasteiger partial charge < -0.3 is 4.57 Å². The molecular formula is C46H37N. The number of fused-ring (bicyclic) bond motifs is 3. The van der Waals surface area contributed by atoms with Crippen LogP contribution in [0, 0.1) is 27.7 Å². The molecule has 0 bridgehead atoms. The van der Waals surface area contributed by atoms with E-state index in [0.29, 0.717) is 0 Å². The summed E-state index contributed by atoms with van der Waals surface area (Å²) >= 11 is 0. The number of rotatable bonds is 5. The van der Waals surface area contributed by atoms with Gasteiger partial charge in [0, 0.05) is 16.3 Å². The van der Waals surface area contributed by atoms with Crippen LogP contribution in [-0.4, -0.2) is 4.57 Å². The van der Waals surface area contributed by atoms with Crippen molar-refractivity contribution in [1.82, 2.24) is 4.57 Å². The van der Waals surface area contributed by atoms with Gasteiger partial charge in [-0.3, -0.25) is 0 Å². The van der Waals surface area contributed by atoms with Gasteiger partial charge in [-0.05, 0) is 97.0 Å². The average Bonchev–Trinajstić information content (AvgIpc) is 3.40. The third kappa shape index (κ3) is 5.24. The van der Waals surface area contributed by atoms with Crippen LogP contribution >= 0.6 is 0 Å². The number of aromatic nitrogens is 1. The summed E-state index contributed by atoms with van der Waals surface area (Å²) < 4.78 is 2.47. The highest BCUT2D eigenvalue weighted by Gasteiger charge is 2.19. The Morgan fingerprint density at radius 1 is 0.319 bits per heavy atom. The average molecular weight is 604 g/mol. The van der Waals surface area contributed by atoms with Crippen molar-refractivity contribution >= 4 is 21.8 Å². The van der Waals surface area contributed by atoms with Crippen LogP contribution in [0.15, 0.2) is 152 Å². The van der Waals surface area contributed by atoms with E-state index in [1.165, 1.54) is 94.3 Å². The zero-order valence-electron chi connectivity index (χ0n) is 27.4. The van der Waals surface area contributed by atoms with E-state index in [1.807, 2.05) is 0 Å². The van der Waals surface area contributed by atoms with Crippen LogP contribution in [0.3, 0.4) is 0 Å². The van der Waals surface area contributed by atoms with Crippen LogP contribution < -0.4 is 0 Å². The molecule has 0 aliphatic carbocycles. The van der Waals surface area contributed by atoms with Crippen molar-refractivity contribution in [3.05, 3.63) is 174 Å². The number of benzene rings is 7. The first-order chi connectivity index (χ1) is 22.9. The summed E-state index contributed by atoms with van der Waals surface area (Å²) in [6.07, 6.45) is 0. The van der Waals surface area contributed by atoms with Crippen LogP contribution in [0.2, 0.25) is 0 Å². The number of hydrogen-bond donors (Lipinski definition) is 0.